The molecule has 0 heterocycles. The molecule has 0 aromatic heterocycles. The van der Waals surface area contributed by atoms with E-state index < -0.39 is 11.8 Å². The summed E-state index contributed by atoms with van der Waals surface area (Å²) in [6.45, 7) is 4.27. The zero-order valence-corrected chi connectivity index (χ0v) is 10.2. The highest BCUT2D eigenvalue weighted by Gasteiger charge is 2.10. The van der Waals surface area contributed by atoms with E-state index in [0.717, 1.165) is 17.1 Å². The van der Waals surface area contributed by atoms with E-state index in [1.807, 2.05) is 0 Å². The molecule has 16 heavy (non-hydrogen) atoms. The Morgan fingerprint density at radius 1 is 1.50 bits per heavy atom. The lowest BCUT2D eigenvalue weighted by molar-refractivity contribution is 0.0691. The van der Waals surface area contributed by atoms with Gasteiger partial charge in [0.25, 0.3) is 0 Å². The molecule has 1 rings (SSSR count). The molecule has 0 saturated carbocycles. The van der Waals surface area contributed by atoms with Crippen LogP contribution in [0.25, 0.3) is 0 Å². The van der Waals surface area contributed by atoms with Gasteiger partial charge >= 0.3 is 5.97 Å². The van der Waals surface area contributed by atoms with Crippen LogP contribution in [0.2, 0.25) is 0 Å². The van der Waals surface area contributed by atoms with Gasteiger partial charge in [-0.25, -0.2) is 9.18 Å². The summed E-state index contributed by atoms with van der Waals surface area (Å²) in [5.41, 5.74) is -0.255. The number of hydrogen-bond donors (Lipinski definition) is 1. The molecular formula is C12H15FO2S. The molecule has 4 heteroatoms. The molecule has 0 atom stereocenters. The third-order valence-corrected chi connectivity index (χ3v) is 3.16. The second kappa shape index (κ2) is 5.89. The molecule has 1 N–H and O–H groups in total. The molecule has 0 aliphatic heterocycles. The minimum atomic E-state index is -1.22. The van der Waals surface area contributed by atoms with E-state index in [9.17, 15) is 9.18 Å². The van der Waals surface area contributed by atoms with Crippen molar-refractivity contribution in [3.05, 3.63) is 29.6 Å². The largest absolute Gasteiger partial charge is 0.478 e. The summed E-state index contributed by atoms with van der Waals surface area (Å²) in [4.78, 5) is 11.5. The van der Waals surface area contributed by atoms with Crippen molar-refractivity contribution in [2.75, 3.05) is 5.75 Å². The number of hydrogen-bond acceptors (Lipinski definition) is 2. The Hall–Kier alpha value is -1.03. The van der Waals surface area contributed by atoms with E-state index >= 15 is 0 Å². The number of carboxylic acid groups (broad SMARTS) is 1. The van der Waals surface area contributed by atoms with Crippen LogP contribution in [-0.4, -0.2) is 16.8 Å². The lowest BCUT2D eigenvalue weighted by atomic mass is 10.2. The zero-order chi connectivity index (χ0) is 12.1. The molecular weight excluding hydrogens is 227 g/mol. The number of rotatable bonds is 5. The first-order valence-electron chi connectivity index (χ1n) is 5.16. The van der Waals surface area contributed by atoms with Gasteiger partial charge in [0.1, 0.15) is 5.82 Å². The van der Waals surface area contributed by atoms with Crippen molar-refractivity contribution in [3.8, 4) is 0 Å². The molecule has 0 fully saturated rings. The maximum absolute atomic E-state index is 13.1. The maximum atomic E-state index is 13.1. The molecule has 0 unspecified atom stereocenters. The predicted octanol–water partition coefficient (Wildman–Crippen LogP) is 3.66. The van der Waals surface area contributed by atoms with Crippen molar-refractivity contribution < 1.29 is 14.3 Å². The molecule has 0 aliphatic carbocycles. The van der Waals surface area contributed by atoms with Gasteiger partial charge in [0.2, 0.25) is 0 Å². The Morgan fingerprint density at radius 2 is 2.19 bits per heavy atom. The lowest BCUT2D eigenvalue weighted by Gasteiger charge is -2.05. The van der Waals surface area contributed by atoms with Gasteiger partial charge in [-0.2, -0.15) is 0 Å². The van der Waals surface area contributed by atoms with E-state index in [0.29, 0.717) is 5.92 Å². The van der Waals surface area contributed by atoms with Crippen LogP contribution in [0, 0.1) is 11.7 Å². The summed E-state index contributed by atoms with van der Waals surface area (Å²) in [5.74, 6) is -0.362. The molecule has 1 aromatic carbocycles. The summed E-state index contributed by atoms with van der Waals surface area (Å²) in [6.07, 6.45) is 1.06. The second-order valence-electron chi connectivity index (χ2n) is 3.98. The average molecular weight is 242 g/mol. The van der Waals surface area contributed by atoms with E-state index in [1.165, 1.54) is 12.1 Å². The van der Waals surface area contributed by atoms with Crippen LogP contribution < -0.4 is 0 Å². The smallest absolute Gasteiger partial charge is 0.338 e. The number of carbonyl (C=O) groups is 1. The summed E-state index contributed by atoms with van der Waals surface area (Å²) in [7, 11) is 0. The van der Waals surface area contributed by atoms with Crippen molar-refractivity contribution in [2.24, 2.45) is 5.92 Å². The van der Waals surface area contributed by atoms with E-state index in [1.54, 1.807) is 17.8 Å². The SMILES string of the molecule is CC(C)CCSc1ccc(F)c(C(=O)O)c1. The average Bonchev–Trinajstić information content (AvgIpc) is 2.19. The first kappa shape index (κ1) is 13.0. The van der Waals surface area contributed by atoms with Crippen molar-refractivity contribution in [3.63, 3.8) is 0 Å². The third kappa shape index (κ3) is 3.85. The van der Waals surface area contributed by atoms with Crippen LogP contribution in [0.3, 0.4) is 0 Å². The van der Waals surface area contributed by atoms with Crippen molar-refractivity contribution in [1.82, 2.24) is 0 Å². The van der Waals surface area contributed by atoms with Crippen molar-refractivity contribution in [1.29, 1.82) is 0 Å². The van der Waals surface area contributed by atoms with Gasteiger partial charge in [-0.3, -0.25) is 0 Å². The monoisotopic (exact) mass is 242 g/mol. The topological polar surface area (TPSA) is 37.3 Å². The number of benzene rings is 1. The normalized spacial score (nSPS) is 10.8. The molecule has 88 valence electrons. The minimum absolute atomic E-state index is 0.255. The first-order chi connectivity index (χ1) is 7.50. The van der Waals surface area contributed by atoms with Gasteiger partial charge in [0.05, 0.1) is 5.56 Å². The van der Waals surface area contributed by atoms with Gasteiger partial charge in [-0.05, 0) is 36.3 Å². The first-order valence-corrected chi connectivity index (χ1v) is 6.15. The van der Waals surface area contributed by atoms with Crippen molar-refractivity contribution in [2.45, 2.75) is 25.2 Å². The van der Waals surface area contributed by atoms with E-state index in [2.05, 4.69) is 13.8 Å². The van der Waals surface area contributed by atoms with Gasteiger partial charge < -0.3 is 5.11 Å². The van der Waals surface area contributed by atoms with Gasteiger partial charge in [-0.1, -0.05) is 13.8 Å². The van der Waals surface area contributed by atoms with Crippen molar-refractivity contribution >= 4 is 17.7 Å². The van der Waals surface area contributed by atoms with E-state index in [4.69, 9.17) is 5.11 Å². The Bertz CT molecular complexity index is 377. The molecule has 0 amide bonds. The van der Waals surface area contributed by atoms with Crippen LogP contribution in [0.5, 0.6) is 0 Å². The quantitative estimate of drug-likeness (QED) is 0.800. The maximum Gasteiger partial charge on any atom is 0.338 e. The van der Waals surface area contributed by atoms with E-state index in [-0.39, 0.29) is 5.56 Å². The van der Waals surface area contributed by atoms with Crippen LogP contribution in [0.4, 0.5) is 4.39 Å². The Balaban J connectivity index is 2.68. The third-order valence-electron chi connectivity index (χ3n) is 2.13. The Kier molecular flexibility index (Phi) is 4.80. The van der Waals surface area contributed by atoms with Gasteiger partial charge in [-0.15, -0.1) is 11.8 Å². The lowest BCUT2D eigenvalue weighted by Crippen LogP contribution is -2.00. The summed E-state index contributed by atoms with van der Waals surface area (Å²) < 4.78 is 13.1. The predicted molar refractivity (Wildman–Crippen MR) is 63.5 cm³/mol. The fourth-order valence-corrected chi connectivity index (χ4v) is 2.36. The summed E-state index contributed by atoms with van der Waals surface area (Å²) in [5, 5.41) is 8.75. The molecule has 0 bridgehead atoms. The Labute approximate surface area is 98.9 Å². The molecule has 2 nitrogen and oxygen atoms in total. The summed E-state index contributed by atoms with van der Waals surface area (Å²) >= 11 is 1.56. The highest BCUT2D eigenvalue weighted by Crippen LogP contribution is 2.23. The summed E-state index contributed by atoms with van der Waals surface area (Å²) in [6, 6.07) is 4.22. The van der Waals surface area contributed by atoms with Gasteiger partial charge in [0, 0.05) is 4.90 Å². The number of carboxylic acids is 1. The minimum Gasteiger partial charge on any atom is -0.478 e. The van der Waals surface area contributed by atoms with Crippen LogP contribution in [0.15, 0.2) is 23.1 Å². The van der Waals surface area contributed by atoms with Gasteiger partial charge in [0.15, 0.2) is 0 Å². The fourth-order valence-electron chi connectivity index (χ4n) is 1.17. The molecule has 0 saturated heterocycles. The highest BCUT2D eigenvalue weighted by atomic mass is 32.2. The molecule has 0 spiro atoms. The molecule has 0 aliphatic rings. The standard InChI is InChI=1S/C12H15FO2S/c1-8(2)5-6-16-9-3-4-11(13)10(7-9)12(14)15/h3-4,7-8H,5-6H2,1-2H3,(H,14,15). The molecule has 0 radical (unpaired) electrons. The second-order valence-corrected chi connectivity index (χ2v) is 5.15. The highest BCUT2D eigenvalue weighted by molar-refractivity contribution is 7.99. The van der Waals surface area contributed by atoms with Crippen LogP contribution in [-0.2, 0) is 0 Å². The zero-order valence-electron chi connectivity index (χ0n) is 9.37. The molecule has 1 aromatic rings. The number of aromatic carboxylic acids is 1. The number of halogens is 1. The number of thioether (sulfide) groups is 1. The Morgan fingerprint density at radius 3 is 2.75 bits per heavy atom. The van der Waals surface area contributed by atoms with Crippen LogP contribution in [0.1, 0.15) is 30.6 Å². The fraction of sp³-hybridized carbons (Fsp3) is 0.417. The van der Waals surface area contributed by atoms with Crippen LogP contribution >= 0.6 is 11.8 Å².